The first-order valence-electron chi connectivity index (χ1n) is 10.3. The fourth-order valence-electron chi connectivity index (χ4n) is 4.84. The summed E-state index contributed by atoms with van der Waals surface area (Å²) in [5.74, 6) is 0.624. The van der Waals surface area contributed by atoms with Gasteiger partial charge in [0.1, 0.15) is 6.61 Å². The van der Waals surface area contributed by atoms with E-state index in [1.54, 1.807) is 0 Å². The SMILES string of the molecule is CC1CCn2c3c(c4cccc1c42)CCN(C(=O)OCc1ccccc1)CC3. The molecule has 1 aromatic heterocycles. The molecule has 0 bridgehead atoms. The zero-order chi connectivity index (χ0) is 19.1. The lowest BCUT2D eigenvalue weighted by Crippen LogP contribution is -2.34. The number of para-hydroxylation sites is 1. The molecule has 0 spiro atoms. The van der Waals surface area contributed by atoms with E-state index in [1.165, 1.54) is 34.1 Å². The fourth-order valence-corrected chi connectivity index (χ4v) is 4.84. The van der Waals surface area contributed by atoms with E-state index in [-0.39, 0.29) is 6.09 Å². The summed E-state index contributed by atoms with van der Waals surface area (Å²) in [6.07, 6.45) is 2.79. The molecule has 144 valence electrons. The summed E-state index contributed by atoms with van der Waals surface area (Å²) >= 11 is 0. The van der Waals surface area contributed by atoms with Crippen LogP contribution in [0.1, 0.15) is 41.6 Å². The number of fused-ring (bicyclic) bond motifs is 3. The van der Waals surface area contributed by atoms with Crippen molar-refractivity contribution in [1.29, 1.82) is 0 Å². The molecule has 5 rings (SSSR count). The van der Waals surface area contributed by atoms with Gasteiger partial charge in [-0.1, -0.05) is 55.5 Å². The molecule has 1 atom stereocenters. The van der Waals surface area contributed by atoms with Gasteiger partial charge in [-0.15, -0.1) is 0 Å². The van der Waals surface area contributed by atoms with Crippen molar-refractivity contribution < 1.29 is 9.53 Å². The quantitative estimate of drug-likeness (QED) is 0.640. The lowest BCUT2D eigenvalue weighted by molar-refractivity contribution is 0.0976. The molecule has 2 aromatic carbocycles. The van der Waals surface area contributed by atoms with E-state index in [0.29, 0.717) is 12.5 Å². The minimum Gasteiger partial charge on any atom is -0.445 e. The Morgan fingerprint density at radius 1 is 1.04 bits per heavy atom. The average molecular weight is 374 g/mol. The number of hydrogen-bond donors (Lipinski definition) is 0. The Kier molecular flexibility index (Phi) is 4.34. The van der Waals surface area contributed by atoms with Gasteiger partial charge in [-0.2, -0.15) is 0 Å². The van der Waals surface area contributed by atoms with Crippen LogP contribution >= 0.6 is 0 Å². The van der Waals surface area contributed by atoms with Gasteiger partial charge >= 0.3 is 6.09 Å². The number of amides is 1. The number of hydrogen-bond acceptors (Lipinski definition) is 2. The monoisotopic (exact) mass is 374 g/mol. The smallest absolute Gasteiger partial charge is 0.410 e. The second-order valence-electron chi connectivity index (χ2n) is 8.04. The van der Waals surface area contributed by atoms with Gasteiger partial charge in [-0.05, 0) is 35.4 Å². The molecule has 0 N–H and O–H groups in total. The highest BCUT2D eigenvalue weighted by Gasteiger charge is 2.28. The summed E-state index contributed by atoms with van der Waals surface area (Å²) in [5, 5.41) is 1.39. The maximum absolute atomic E-state index is 12.6. The first-order chi connectivity index (χ1) is 13.7. The Labute approximate surface area is 165 Å². The molecule has 0 saturated carbocycles. The largest absolute Gasteiger partial charge is 0.445 e. The Hall–Kier alpha value is -2.75. The number of benzene rings is 2. The van der Waals surface area contributed by atoms with Crippen molar-refractivity contribution in [1.82, 2.24) is 9.47 Å². The highest BCUT2D eigenvalue weighted by molar-refractivity contribution is 5.89. The van der Waals surface area contributed by atoms with Crippen LogP contribution in [0.5, 0.6) is 0 Å². The summed E-state index contributed by atoms with van der Waals surface area (Å²) in [6, 6.07) is 16.6. The standard InChI is InChI=1S/C24H26N2O2/c1-17-10-15-26-22-12-14-25(24(27)28-16-18-6-3-2-4-7-18)13-11-20(22)21-9-5-8-19(17)23(21)26/h2-9,17H,10-16H2,1H3. The van der Waals surface area contributed by atoms with Crippen LogP contribution in [0.25, 0.3) is 10.9 Å². The molecule has 2 aliphatic rings. The first kappa shape index (κ1) is 17.4. The average Bonchev–Trinajstić information content (AvgIpc) is 2.88. The summed E-state index contributed by atoms with van der Waals surface area (Å²) in [7, 11) is 0. The van der Waals surface area contributed by atoms with Crippen molar-refractivity contribution in [2.24, 2.45) is 0 Å². The number of carbonyl (C=O) groups is 1. The van der Waals surface area contributed by atoms with Crippen LogP contribution in [0, 0.1) is 0 Å². The topological polar surface area (TPSA) is 34.5 Å². The molecule has 0 fully saturated rings. The minimum absolute atomic E-state index is 0.203. The van der Waals surface area contributed by atoms with Gasteiger partial charge in [0.2, 0.25) is 0 Å². The molecule has 28 heavy (non-hydrogen) atoms. The summed E-state index contributed by atoms with van der Waals surface area (Å²) in [6.45, 7) is 5.20. The zero-order valence-corrected chi connectivity index (χ0v) is 16.4. The number of nitrogens with zero attached hydrogens (tertiary/aromatic N) is 2. The number of ether oxygens (including phenoxy) is 1. The first-order valence-corrected chi connectivity index (χ1v) is 10.3. The molecule has 0 aliphatic carbocycles. The molecule has 3 aromatic rings. The van der Waals surface area contributed by atoms with E-state index in [1.807, 2.05) is 35.2 Å². The molecule has 1 unspecified atom stereocenters. The van der Waals surface area contributed by atoms with Crippen molar-refractivity contribution in [3.63, 3.8) is 0 Å². The normalized spacial score (nSPS) is 18.6. The van der Waals surface area contributed by atoms with Gasteiger partial charge < -0.3 is 14.2 Å². The van der Waals surface area contributed by atoms with Crippen LogP contribution in [0.4, 0.5) is 4.79 Å². The molecular formula is C24H26N2O2. The van der Waals surface area contributed by atoms with Crippen LogP contribution < -0.4 is 0 Å². The molecule has 3 heterocycles. The van der Waals surface area contributed by atoms with E-state index in [0.717, 1.165) is 38.0 Å². The molecular weight excluding hydrogens is 348 g/mol. The molecule has 4 heteroatoms. The van der Waals surface area contributed by atoms with E-state index < -0.39 is 0 Å². The van der Waals surface area contributed by atoms with Crippen LogP contribution in [0.15, 0.2) is 48.5 Å². The molecule has 0 radical (unpaired) electrons. The predicted octanol–water partition coefficient (Wildman–Crippen LogP) is 4.89. The van der Waals surface area contributed by atoms with Gasteiger partial charge in [0.25, 0.3) is 0 Å². The van der Waals surface area contributed by atoms with Crippen LogP contribution in [0.2, 0.25) is 0 Å². The van der Waals surface area contributed by atoms with E-state index >= 15 is 0 Å². The highest BCUT2D eigenvalue weighted by Crippen LogP contribution is 2.38. The maximum Gasteiger partial charge on any atom is 0.410 e. The third-order valence-corrected chi connectivity index (χ3v) is 6.37. The van der Waals surface area contributed by atoms with Crippen molar-refractivity contribution in [2.75, 3.05) is 13.1 Å². The fraction of sp³-hybridized carbons (Fsp3) is 0.375. The van der Waals surface area contributed by atoms with Gasteiger partial charge in [0, 0.05) is 37.1 Å². The van der Waals surface area contributed by atoms with Crippen molar-refractivity contribution in [3.8, 4) is 0 Å². The van der Waals surface area contributed by atoms with Crippen LogP contribution in [-0.2, 0) is 30.7 Å². The Bertz CT molecular complexity index is 1020. The van der Waals surface area contributed by atoms with Gasteiger partial charge in [0.05, 0.1) is 5.52 Å². The van der Waals surface area contributed by atoms with Gasteiger partial charge in [-0.25, -0.2) is 4.79 Å². The summed E-state index contributed by atoms with van der Waals surface area (Å²) < 4.78 is 8.09. The summed E-state index contributed by atoms with van der Waals surface area (Å²) in [5.41, 5.74) is 6.80. The second-order valence-corrected chi connectivity index (χ2v) is 8.04. The molecule has 4 nitrogen and oxygen atoms in total. The van der Waals surface area contributed by atoms with Gasteiger partial charge in [-0.3, -0.25) is 0 Å². The second kappa shape index (κ2) is 7.01. The van der Waals surface area contributed by atoms with Crippen molar-refractivity contribution in [2.45, 2.75) is 45.3 Å². The Balaban J connectivity index is 1.36. The highest BCUT2D eigenvalue weighted by atomic mass is 16.6. The summed E-state index contributed by atoms with van der Waals surface area (Å²) in [4.78, 5) is 14.5. The van der Waals surface area contributed by atoms with Crippen LogP contribution in [0.3, 0.4) is 0 Å². The van der Waals surface area contributed by atoms with Crippen molar-refractivity contribution >= 4 is 17.0 Å². The lowest BCUT2D eigenvalue weighted by atomic mass is 9.93. The number of aromatic nitrogens is 1. The van der Waals surface area contributed by atoms with Crippen LogP contribution in [-0.4, -0.2) is 28.6 Å². The third kappa shape index (κ3) is 2.88. The van der Waals surface area contributed by atoms with E-state index in [4.69, 9.17) is 4.74 Å². The van der Waals surface area contributed by atoms with Gasteiger partial charge in [0.15, 0.2) is 0 Å². The molecule has 0 saturated heterocycles. The predicted molar refractivity (Wildman–Crippen MR) is 111 cm³/mol. The molecule has 1 amide bonds. The van der Waals surface area contributed by atoms with Crippen molar-refractivity contribution in [3.05, 3.63) is 70.9 Å². The Morgan fingerprint density at radius 3 is 2.71 bits per heavy atom. The zero-order valence-electron chi connectivity index (χ0n) is 16.4. The Morgan fingerprint density at radius 2 is 1.86 bits per heavy atom. The minimum atomic E-state index is -0.203. The number of aryl methyl sites for hydroxylation is 1. The third-order valence-electron chi connectivity index (χ3n) is 6.37. The number of rotatable bonds is 2. The molecule has 2 aliphatic heterocycles. The maximum atomic E-state index is 12.6. The van der Waals surface area contributed by atoms with E-state index in [9.17, 15) is 4.79 Å². The lowest BCUT2D eigenvalue weighted by Gasteiger charge is -2.24. The van der Waals surface area contributed by atoms with E-state index in [2.05, 4.69) is 29.7 Å². The number of carbonyl (C=O) groups excluding carboxylic acids is 1.